The highest BCUT2D eigenvalue weighted by atomic mass is 35.5. The van der Waals surface area contributed by atoms with Crippen molar-refractivity contribution in [1.29, 1.82) is 0 Å². The zero-order valence-electron chi connectivity index (χ0n) is 8.70. The second kappa shape index (κ2) is 4.23. The van der Waals surface area contributed by atoms with Crippen LogP contribution in [0.1, 0.15) is 26.2 Å². The van der Waals surface area contributed by atoms with Gasteiger partial charge in [-0.25, -0.2) is 9.97 Å². The van der Waals surface area contributed by atoms with Gasteiger partial charge < -0.3 is 11.1 Å². The van der Waals surface area contributed by atoms with E-state index in [9.17, 15) is 0 Å². The molecular formula is C10H15ClN4. The van der Waals surface area contributed by atoms with Gasteiger partial charge in [-0.05, 0) is 18.8 Å². The predicted molar refractivity (Wildman–Crippen MR) is 61.9 cm³/mol. The molecular weight excluding hydrogens is 212 g/mol. The van der Waals surface area contributed by atoms with Crippen LogP contribution in [0.3, 0.4) is 0 Å². The van der Waals surface area contributed by atoms with Gasteiger partial charge in [0.05, 0.1) is 0 Å². The highest BCUT2D eigenvalue weighted by Gasteiger charge is 2.36. The number of anilines is 2. The summed E-state index contributed by atoms with van der Waals surface area (Å²) in [5.41, 5.74) is 5.59. The second-order valence-electron chi connectivity index (χ2n) is 3.96. The number of hydrogen-bond donors (Lipinski definition) is 2. The molecule has 1 aliphatic rings. The van der Waals surface area contributed by atoms with Crippen molar-refractivity contribution in [3.63, 3.8) is 0 Å². The Morgan fingerprint density at radius 3 is 3.13 bits per heavy atom. The van der Waals surface area contributed by atoms with Crippen LogP contribution in [0, 0.1) is 5.92 Å². The number of halogens is 1. The van der Waals surface area contributed by atoms with Crippen molar-refractivity contribution in [2.24, 2.45) is 5.92 Å². The van der Waals surface area contributed by atoms with Crippen LogP contribution in [0.25, 0.3) is 0 Å². The van der Waals surface area contributed by atoms with E-state index in [-0.39, 0.29) is 0 Å². The molecule has 5 heteroatoms. The Bertz CT molecular complexity index is 355. The Balaban J connectivity index is 1.98. The number of nitrogen functional groups attached to an aromatic ring is 1. The number of hydrogen-bond acceptors (Lipinski definition) is 4. The van der Waals surface area contributed by atoms with Crippen LogP contribution < -0.4 is 11.1 Å². The predicted octanol–water partition coefficient (Wildman–Crippen LogP) is 2.31. The summed E-state index contributed by atoms with van der Waals surface area (Å²) in [4.78, 5) is 7.90. The Morgan fingerprint density at radius 2 is 2.40 bits per heavy atom. The fraction of sp³-hybridized carbons (Fsp3) is 0.600. The van der Waals surface area contributed by atoms with Crippen molar-refractivity contribution in [1.82, 2.24) is 9.97 Å². The largest absolute Gasteiger partial charge is 0.382 e. The maximum Gasteiger partial charge on any atom is 0.150 e. The molecule has 0 aromatic carbocycles. The standard InChI is InChI=1S/C10H15ClN4/c1-2-3-6-4-7(6)15-10-8(11)9(12)13-5-14-10/h5-7H,2-4H2,1H3,(H3,12,13,14,15). The molecule has 2 unspecified atom stereocenters. The molecule has 1 heterocycles. The van der Waals surface area contributed by atoms with Gasteiger partial charge in [0.25, 0.3) is 0 Å². The SMILES string of the molecule is CCCC1CC1Nc1ncnc(N)c1Cl. The molecule has 1 aromatic rings. The van der Waals surface area contributed by atoms with Crippen LogP contribution in [-0.2, 0) is 0 Å². The summed E-state index contributed by atoms with van der Waals surface area (Å²) in [6, 6.07) is 0.511. The quantitative estimate of drug-likeness (QED) is 0.827. The van der Waals surface area contributed by atoms with E-state index in [0.29, 0.717) is 22.7 Å². The molecule has 0 saturated heterocycles. The van der Waals surface area contributed by atoms with Crippen molar-refractivity contribution in [2.75, 3.05) is 11.1 Å². The molecule has 2 atom stereocenters. The lowest BCUT2D eigenvalue weighted by Gasteiger charge is -2.07. The van der Waals surface area contributed by atoms with Crippen molar-refractivity contribution in [3.05, 3.63) is 11.3 Å². The van der Waals surface area contributed by atoms with Crippen molar-refractivity contribution >= 4 is 23.2 Å². The second-order valence-corrected chi connectivity index (χ2v) is 4.33. The minimum atomic E-state index is 0.335. The van der Waals surface area contributed by atoms with E-state index in [1.165, 1.54) is 25.6 Å². The lowest BCUT2D eigenvalue weighted by Crippen LogP contribution is -2.08. The smallest absolute Gasteiger partial charge is 0.150 e. The Labute approximate surface area is 94.2 Å². The summed E-state index contributed by atoms with van der Waals surface area (Å²) < 4.78 is 0. The molecule has 0 bridgehead atoms. The van der Waals surface area contributed by atoms with Gasteiger partial charge in [0, 0.05) is 6.04 Å². The average Bonchev–Trinajstić information content (AvgIpc) is 2.93. The van der Waals surface area contributed by atoms with Gasteiger partial charge in [0.2, 0.25) is 0 Å². The summed E-state index contributed by atoms with van der Waals surface area (Å²) in [5.74, 6) is 1.76. The number of nitrogens with one attached hydrogen (secondary N) is 1. The first-order chi connectivity index (χ1) is 7.22. The maximum atomic E-state index is 5.98. The molecule has 1 aliphatic carbocycles. The zero-order chi connectivity index (χ0) is 10.8. The third-order valence-electron chi connectivity index (χ3n) is 2.72. The lowest BCUT2D eigenvalue weighted by atomic mass is 10.2. The molecule has 1 fully saturated rings. The van der Waals surface area contributed by atoms with Crippen molar-refractivity contribution in [3.8, 4) is 0 Å². The maximum absolute atomic E-state index is 5.98. The minimum Gasteiger partial charge on any atom is -0.382 e. The topological polar surface area (TPSA) is 63.8 Å². The van der Waals surface area contributed by atoms with Gasteiger partial charge in [0.15, 0.2) is 5.82 Å². The van der Waals surface area contributed by atoms with Crippen LogP contribution >= 0.6 is 11.6 Å². The molecule has 0 spiro atoms. The van der Waals surface area contributed by atoms with Gasteiger partial charge in [-0.3, -0.25) is 0 Å². The molecule has 4 nitrogen and oxygen atoms in total. The van der Waals surface area contributed by atoms with E-state index in [4.69, 9.17) is 17.3 Å². The Morgan fingerprint density at radius 1 is 1.60 bits per heavy atom. The van der Waals surface area contributed by atoms with E-state index in [2.05, 4.69) is 22.2 Å². The van der Waals surface area contributed by atoms with Gasteiger partial charge >= 0.3 is 0 Å². The molecule has 1 aromatic heterocycles. The van der Waals surface area contributed by atoms with Crippen LogP contribution in [-0.4, -0.2) is 16.0 Å². The number of nitrogens with two attached hydrogens (primary N) is 1. The molecule has 1 saturated carbocycles. The summed E-state index contributed by atoms with van der Waals surface area (Å²) in [5, 5.41) is 3.73. The van der Waals surface area contributed by atoms with Crippen LogP contribution in [0.15, 0.2) is 6.33 Å². The Hall–Kier alpha value is -1.03. The van der Waals surface area contributed by atoms with E-state index < -0.39 is 0 Å². The normalized spacial score (nSPS) is 23.9. The molecule has 2 rings (SSSR count). The van der Waals surface area contributed by atoms with Crippen LogP contribution in [0.4, 0.5) is 11.6 Å². The van der Waals surface area contributed by atoms with Crippen molar-refractivity contribution < 1.29 is 0 Å². The molecule has 3 N–H and O–H groups in total. The fourth-order valence-corrected chi connectivity index (χ4v) is 1.93. The van der Waals surface area contributed by atoms with Gasteiger partial charge in [0.1, 0.15) is 17.2 Å². The van der Waals surface area contributed by atoms with E-state index >= 15 is 0 Å². The monoisotopic (exact) mass is 226 g/mol. The average molecular weight is 227 g/mol. The van der Waals surface area contributed by atoms with E-state index in [1.54, 1.807) is 0 Å². The number of rotatable bonds is 4. The zero-order valence-corrected chi connectivity index (χ0v) is 9.46. The number of nitrogens with zero attached hydrogens (tertiary/aromatic N) is 2. The van der Waals surface area contributed by atoms with Gasteiger partial charge in [-0.1, -0.05) is 24.9 Å². The highest BCUT2D eigenvalue weighted by Crippen LogP contribution is 2.38. The minimum absolute atomic E-state index is 0.335. The summed E-state index contributed by atoms with van der Waals surface area (Å²) in [6.07, 6.45) is 5.12. The van der Waals surface area contributed by atoms with Gasteiger partial charge in [-0.15, -0.1) is 0 Å². The summed E-state index contributed by atoms with van der Waals surface area (Å²) >= 11 is 5.98. The van der Waals surface area contributed by atoms with Crippen LogP contribution in [0.5, 0.6) is 0 Å². The third kappa shape index (κ3) is 2.31. The summed E-state index contributed by atoms with van der Waals surface area (Å²) in [6.45, 7) is 2.20. The first kappa shape index (κ1) is 10.5. The van der Waals surface area contributed by atoms with E-state index in [0.717, 1.165) is 5.92 Å². The number of aromatic nitrogens is 2. The molecule has 0 aliphatic heterocycles. The highest BCUT2D eigenvalue weighted by molar-refractivity contribution is 6.35. The van der Waals surface area contributed by atoms with Crippen molar-refractivity contribution in [2.45, 2.75) is 32.2 Å². The molecule has 0 radical (unpaired) electrons. The molecule has 0 amide bonds. The molecule has 15 heavy (non-hydrogen) atoms. The Kier molecular flexibility index (Phi) is 2.95. The first-order valence-corrected chi connectivity index (χ1v) is 5.62. The molecule has 82 valence electrons. The van der Waals surface area contributed by atoms with Gasteiger partial charge in [-0.2, -0.15) is 0 Å². The fourth-order valence-electron chi connectivity index (χ4n) is 1.77. The first-order valence-electron chi connectivity index (χ1n) is 5.25. The summed E-state index contributed by atoms with van der Waals surface area (Å²) in [7, 11) is 0. The third-order valence-corrected chi connectivity index (χ3v) is 3.09. The lowest BCUT2D eigenvalue weighted by molar-refractivity contribution is 0.692. The van der Waals surface area contributed by atoms with E-state index in [1.807, 2.05) is 0 Å². The van der Waals surface area contributed by atoms with Crippen LogP contribution in [0.2, 0.25) is 5.02 Å².